The van der Waals surface area contributed by atoms with E-state index in [1.807, 2.05) is 6.08 Å². The SMILES string of the molecule is C[C@H]1C(=O)C=C[C@]23C[C@H]4C[C@H](O[C@@]4(C)C2)[C@@H]13. The molecule has 1 spiro atoms. The van der Waals surface area contributed by atoms with Crippen molar-refractivity contribution in [2.24, 2.45) is 23.2 Å². The number of carbonyl (C=O) groups excluding carboxylic acids is 1. The van der Waals surface area contributed by atoms with Gasteiger partial charge in [-0.15, -0.1) is 0 Å². The van der Waals surface area contributed by atoms with E-state index in [0.29, 0.717) is 23.2 Å². The summed E-state index contributed by atoms with van der Waals surface area (Å²) in [6, 6.07) is 0. The summed E-state index contributed by atoms with van der Waals surface area (Å²) in [5, 5.41) is 0. The monoisotopic (exact) mass is 218 g/mol. The second-order valence-corrected chi connectivity index (χ2v) is 6.57. The van der Waals surface area contributed by atoms with Crippen LogP contribution in [0.4, 0.5) is 0 Å². The van der Waals surface area contributed by atoms with Gasteiger partial charge in [-0.05, 0) is 43.6 Å². The van der Waals surface area contributed by atoms with Crippen LogP contribution in [0.25, 0.3) is 0 Å². The number of hydrogen-bond donors (Lipinski definition) is 0. The summed E-state index contributed by atoms with van der Waals surface area (Å²) in [5.74, 6) is 1.66. The lowest BCUT2D eigenvalue weighted by Crippen LogP contribution is -2.50. The molecule has 2 heterocycles. The standard InChI is InChI=1S/C14H18O2/c1-8-10(15)3-4-14-6-9-5-11(12(8)14)16-13(9,2)7-14/h3-4,8-9,11-12H,5-7H2,1-2H3/t8-,9+,11-,12+,13-,14-/m0/s1. The molecule has 2 aliphatic heterocycles. The highest BCUT2D eigenvalue weighted by Gasteiger charge is 2.68. The van der Waals surface area contributed by atoms with E-state index < -0.39 is 0 Å². The summed E-state index contributed by atoms with van der Waals surface area (Å²) >= 11 is 0. The van der Waals surface area contributed by atoms with Crippen LogP contribution in [0.3, 0.4) is 0 Å². The van der Waals surface area contributed by atoms with Gasteiger partial charge in [0.15, 0.2) is 5.78 Å². The first-order valence-corrected chi connectivity index (χ1v) is 6.45. The third-order valence-electron chi connectivity index (χ3n) is 5.74. The van der Waals surface area contributed by atoms with E-state index in [4.69, 9.17) is 4.74 Å². The van der Waals surface area contributed by atoms with Gasteiger partial charge in [0.1, 0.15) is 0 Å². The third kappa shape index (κ3) is 0.839. The molecule has 0 amide bonds. The van der Waals surface area contributed by atoms with Crippen molar-refractivity contribution in [1.82, 2.24) is 0 Å². The van der Waals surface area contributed by atoms with Crippen LogP contribution in [-0.4, -0.2) is 17.5 Å². The van der Waals surface area contributed by atoms with Gasteiger partial charge >= 0.3 is 0 Å². The van der Waals surface area contributed by atoms with Gasteiger partial charge in [0.05, 0.1) is 11.7 Å². The number of rotatable bonds is 0. The molecule has 16 heavy (non-hydrogen) atoms. The molecule has 2 nitrogen and oxygen atoms in total. The molecule has 5 rings (SSSR count). The zero-order chi connectivity index (χ0) is 11.1. The fraction of sp³-hybridized carbons (Fsp3) is 0.786. The van der Waals surface area contributed by atoms with Crippen LogP contribution >= 0.6 is 0 Å². The number of carbonyl (C=O) groups is 1. The smallest absolute Gasteiger partial charge is 0.158 e. The van der Waals surface area contributed by atoms with Crippen molar-refractivity contribution >= 4 is 5.78 Å². The van der Waals surface area contributed by atoms with E-state index in [-0.39, 0.29) is 11.5 Å². The molecule has 0 aromatic rings. The fourth-order valence-corrected chi connectivity index (χ4v) is 5.17. The van der Waals surface area contributed by atoms with E-state index in [9.17, 15) is 4.79 Å². The van der Waals surface area contributed by atoms with Crippen LogP contribution in [0.1, 0.15) is 33.1 Å². The van der Waals surface area contributed by atoms with Crippen molar-refractivity contribution in [1.29, 1.82) is 0 Å². The predicted octanol–water partition coefficient (Wildman–Crippen LogP) is 2.34. The summed E-state index contributed by atoms with van der Waals surface area (Å²) in [6.45, 7) is 4.37. The van der Waals surface area contributed by atoms with Crippen LogP contribution in [0.2, 0.25) is 0 Å². The van der Waals surface area contributed by atoms with E-state index in [0.717, 1.165) is 12.3 Å². The zero-order valence-electron chi connectivity index (χ0n) is 9.90. The fourth-order valence-electron chi connectivity index (χ4n) is 5.17. The first-order chi connectivity index (χ1) is 7.54. The van der Waals surface area contributed by atoms with Crippen LogP contribution < -0.4 is 0 Å². The van der Waals surface area contributed by atoms with Crippen molar-refractivity contribution in [3.63, 3.8) is 0 Å². The normalized spacial score (nSPS) is 61.8. The Morgan fingerprint density at radius 1 is 1.50 bits per heavy atom. The van der Waals surface area contributed by atoms with E-state index in [1.54, 1.807) is 0 Å². The minimum Gasteiger partial charge on any atom is -0.371 e. The lowest BCUT2D eigenvalue weighted by molar-refractivity contribution is -0.148. The molecule has 86 valence electrons. The summed E-state index contributed by atoms with van der Waals surface area (Å²) in [4.78, 5) is 11.8. The molecule has 2 saturated heterocycles. The van der Waals surface area contributed by atoms with Crippen LogP contribution in [0.5, 0.6) is 0 Å². The highest BCUT2D eigenvalue weighted by molar-refractivity contribution is 5.93. The van der Waals surface area contributed by atoms with Gasteiger partial charge < -0.3 is 4.74 Å². The maximum atomic E-state index is 11.8. The van der Waals surface area contributed by atoms with E-state index >= 15 is 0 Å². The number of hydrogen-bond acceptors (Lipinski definition) is 2. The van der Waals surface area contributed by atoms with E-state index in [1.165, 1.54) is 12.8 Å². The predicted molar refractivity (Wildman–Crippen MR) is 59.9 cm³/mol. The van der Waals surface area contributed by atoms with Crippen LogP contribution in [0, 0.1) is 23.2 Å². The van der Waals surface area contributed by atoms with Crippen LogP contribution in [0.15, 0.2) is 12.2 Å². The van der Waals surface area contributed by atoms with Crippen molar-refractivity contribution < 1.29 is 9.53 Å². The lowest BCUT2D eigenvalue weighted by Gasteiger charge is -2.49. The van der Waals surface area contributed by atoms with Gasteiger partial charge in [-0.1, -0.05) is 13.0 Å². The summed E-state index contributed by atoms with van der Waals surface area (Å²) in [6.07, 6.45) is 8.00. The maximum absolute atomic E-state index is 11.8. The maximum Gasteiger partial charge on any atom is 0.158 e. The molecular formula is C14H18O2. The van der Waals surface area contributed by atoms with Crippen molar-refractivity contribution in [2.75, 3.05) is 0 Å². The molecule has 0 aromatic heterocycles. The Kier molecular flexibility index (Phi) is 1.44. The second kappa shape index (κ2) is 2.45. The largest absolute Gasteiger partial charge is 0.371 e. The van der Waals surface area contributed by atoms with Gasteiger partial charge in [-0.25, -0.2) is 0 Å². The van der Waals surface area contributed by atoms with Crippen molar-refractivity contribution in [3.05, 3.63) is 12.2 Å². The minimum absolute atomic E-state index is 0.117. The summed E-state index contributed by atoms with van der Waals surface area (Å²) < 4.78 is 6.24. The van der Waals surface area contributed by atoms with E-state index in [2.05, 4.69) is 19.9 Å². The van der Waals surface area contributed by atoms with Crippen molar-refractivity contribution in [2.45, 2.75) is 44.8 Å². The molecule has 0 N–H and O–H groups in total. The Hall–Kier alpha value is -0.630. The van der Waals surface area contributed by atoms with Gasteiger partial charge in [0.25, 0.3) is 0 Å². The number of allylic oxidation sites excluding steroid dienone is 2. The Balaban J connectivity index is 1.87. The molecular weight excluding hydrogens is 200 g/mol. The molecule has 2 heteroatoms. The molecule has 3 aliphatic carbocycles. The van der Waals surface area contributed by atoms with Gasteiger partial charge in [-0.3, -0.25) is 4.79 Å². The third-order valence-corrected chi connectivity index (χ3v) is 5.74. The Morgan fingerprint density at radius 3 is 3.06 bits per heavy atom. The Bertz CT molecular complexity index is 413. The molecule has 4 fully saturated rings. The van der Waals surface area contributed by atoms with Gasteiger partial charge in [0, 0.05) is 11.8 Å². The molecule has 2 saturated carbocycles. The topological polar surface area (TPSA) is 26.3 Å². The molecule has 6 atom stereocenters. The average Bonchev–Trinajstić information content (AvgIpc) is 2.57. The number of ether oxygens (including phenoxy) is 1. The highest BCUT2D eigenvalue weighted by Crippen LogP contribution is 2.68. The molecule has 0 aromatic carbocycles. The summed E-state index contributed by atoms with van der Waals surface area (Å²) in [5.41, 5.74) is 0.416. The molecule has 4 bridgehead atoms. The van der Waals surface area contributed by atoms with Crippen LogP contribution in [-0.2, 0) is 9.53 Å². The van der Waals surface area contributed by atoms with Gasteiger partial charge in [-0.2, -0.15) is 0 Å². The molecule has 0 radical (unpaired) electrons. The quantitative estimate of drug-likeness (QED) is 0.624. The van der Waals surface area contributed by atoms with Gasteiger partial charge in [0.2, 0.25) is 0 Å². The minimum atomic E-state index is 0.117. The second-order valence-electron chi connectivity index (χ2n) is 6.57. The number of ketones is 1. The zero-order valence-corrected chi connectivity index (χ0v) is 9.90. The average molecular weight is 218 g/mol. The first kappa shape index (κ1) is 9.41. The molecule has 5 aliphatic rings. The molecule has 0 unspecified atom stereocenters. The highest BCUT2D eigenvalue weighted by atomic mass is 16.5. The first-order valence-electron chi connectivity index (χ1n) is 6.45. The lowest BCUT2D eigenvalue weighted by atomic mass is 9.58. The summed E-state index contributed by atoms with van der Waals surface area (Å²) in [7, 11) is 0. The van der Waals surface area contributed by atoms with Crippen molar-refractivity contribution in [3.8, 4) is 0 Å². The Labute approximate surface area is 96.0 Å². The Morgan fingerprint density at radius 2 is 2.31 bits per heavy atom.